The van der Waals surface area contributed by atoms with Crippen molar-refractivity contribution in [2.24, 2.45) is 0 Å². The Balaban J connectivity index is 1.42. The van der Waals surface area contributed by atoms with Gasteiger partial charge in [-0.3, -0.25) is 4.79 Å². The van der Waals surface area contributed by atoms with Crippen LogP contribution in [0.4, 0.5) is 0 Å². The van der Waals surface area contributed by atoms with Crippen LogP contribution in [0.1, 0.15) is 32.6 Å². The molecule has 0 N–H and O–H groups in total. The number of carbonyl (C=O) groups is 1. The summed E-state index contributed by atoms with van der Waals surface area (Å²) in [4.78, 5) is 13.0. The first kappa shape index (κ1) is 21.2. The number of Topliss-reactive ketones (excluding diaryl/α,β-unsaturated/α-hetero) is 1. The van der Waals surface area contributed by atoms with Gasteiger partial charge < -0.3 is 18.9 Å². The van der Waals surface area contributed by atoms with Gasteiger partial charge in [-0.1, -0.05) is 44.0 Å². The Morgan fingerprint density at radius 3 is 2.66 bits per heavy atom. The van der Waals surface area contributed by atoms with Crippen LogP contribution in [0.2, 0.25) is 0 Å². The normalized spacial score (nSPS) is 15.7. The molecule has 2 aliphatic rings. The maximum absolute atomic E-state index is 13.0. The number of benzene rings is 3. The van der Waals surface area contributed by atoms with E-state index < -0.39 is 0 Å². The predicted octanol–water partition coefficient (Wildman–Crippen LogP) is 6.58. The average molecular weight is 558 g/mol. The van der Waals surface area contributed by atoms with E-state index in [0.717, 1.165) is 31.2 Å². The molecule has 0 atom stereocenters. The lowest BCUT2D eigenvalue weighted by Crippen LogP contribution is -2.12. The van der Waals surface area contributed by atoms with E-state index in [4.69, 9.17) is 18.9 Å². The highest BCUT2D eigenvalue weighted by atomic mass is 79.9. The summed E-state index contributed by atoms with van der Waals surface area (Å²) < 4.78 is 24.9. The van der Waals surface area contributed by atoms with E-state index in [-0.39, 0.29) is 18.3 Å². The van der Waals surface area contributed by atoms with E-state index in [0.29, 0.717) is 36.0 Å². The van der Waals surface area contributed by atoms with Crippen molar-refractivity contribution in [1.82, 2.24) is 0 Å². The quantitative estimate of drug-likeness (QED) is 0.339. The second-order valence-electron chi connectivity index (χ2n) is 7.51. The van der Waals surface area contributed by atoms with Crippen LogP contribution in [0.5, 0.6) is 17.2 Å². The van der Waals surface area contributed by atoms with Gasteiger partial charge >= 0.3 is 0 Å². The lowest BCUT2D eigenvalue weighted by Gasteiger charge is -2.20. The number of hydrogen-bond donors (Lipinski definition) is 0. The third-order valence-electron chi connectivity index (χ3n) is 5.33. The molecule has 0 amide bonds. The Bertz CT molecular complexity index is 1250. The van der Waals surface area contributed by atoms with Crippen LogP contribution in [-0.4, -0.2) is 12.6 Å². The van der Waals surface area contributed by atoms with Crippen molar-refractivity contribution in [3.05, 3.63) is 91.1 Å². The number of carbonyl (C=O) groups excluding carboxylic acids is 1. The minimum Gasteiger partial charge on any atom is -0.488 e. The first-order valence-corrected chi connectivity index (χ1v) is 11.6. The van der Waals surface area contributed by atoms with Crippen molar-refractivity contribution in [3.63, 3.8) is 0 Å². The van der Waals surface area contributed by atoms with Crippen molar-refractivity contribution in [3.8, 4) is 17.2 Å². The SMILES string of the molecule is Cc1c(OCc2ccc(Br)cc2)ccc2c1O/C(=C\c1cc(Br)cc3c1OCOC3)C2=O. The molecule has 5 rings (SSSR count). The zero-order valence-corrected chi connectivity index (χ0v) is 20.3. The molecule has 7 heteroatoms. The highest BCUT2D eigenvalue weighted by Crippen LogP contribution is 2.41. The minimum atomic E-state index is -0.164. The van der Waals surface area contributed by atoms with Gasteiger partial charge in [-0.2, -0.15) is 0 Å². The van der Waals surface area contributed by atoms with Gasteiger partial charge in [-0.05, 0) is 55.0 Å². The van der Waals surface area contributed by atoms with E-state index in [9.17, 15) is 4.79 Å². The summed E-state index contributed by atoms with van der Waals surface area (Å²) in [5.41, 5.74) is 4.04. The number of hydrogen-bond acceptors (Lipinski definition) is 5. The number of ether oxygens (including phenoxy) is 4. The van der Waals surface area contributed by atoms with Gasteiger partial charge in [-0.25, -0.2) is 0 Å². The lowest BCUT2D eigenvalue weighted by molar-refractivity contribution is -0.0165. The van der Waals surface area contributed by atoms with Crippen LogP contribution >= 0.6 is 31.9 Å². The first-order valence-electron chi connectivity index (χ1n) is 9.97. The fourth-order valence-corrected chi connectivity index (χ4v) is 4.51. The number of halogens is 2. The van der Waals surface area contributed by atoms with Crippen LogP contribution < -0.4 is 14.2 Å². The molecule has 32 heavy (non-hydrogen) atoms. The summed E-state index contributed by atoms with van der Waals surface area (Å²) in [6, 6.07) is 15.4. The molecule has 0 radical (unpaired) electrons. The van der Waals surface area contributed by atoms with E-state index in [1.54, 1.807) is 12.1 Å². The third-order valence-corrected chi connectivity index (χ3v) is 6.32. The number of fused-ring (bicyclic) bond motifs is 2. The molecule has 0 saturated carbocycles. The molecule has 2 heterocycles. The number of ketones is 1. The average Bonchev–Trinajstić information content (AvgIpc) is 3.10. The van der Waals surface area contributed by atoms with E-state index in [1.807, 2.05) is 49.4 Å². The zero-order valence-electron chi connectivity index (χ0n) is 17.1. The monoisotopic (exact) mass is 556 g/mol. The Hall–Kier alpha value is -2.61. The van der Waals surface area contributed by atoms with E-state index >= 15 is 0 Å². The molecule has 3 aromatic carbocycles. The first-order chi connectivity index (χ1) is 15.5. The Morgan fingerprint density at radius 1 is 1.03 bits per heavy atom. The predicted molar refractivity (Wildman–Crippen MR) is 127 cm³/mol. The standard InChI is InChI=1S/C25H18Br2O5/c1-14-21(30-11-15-2-4-18(26)5-3-15)7-6-20-23(28)22(32-24(14)20)10-16-8-19(27)9-17-12-29-13-31-25(16)17/h2-10H,11-13H2,1H3/b22-10-. The van der Waals surface area contributed by atoms with Gasteiger partial charge in [0.1, 0.15) is 23.9 Å². The molecule has 0 bridgehead atoms. The van der Waals surface area contributed by atoms with Crippen molar-refractivity contribution in [2.45, 2.75) is 20.1 Å². The molecule has 3 aromatic rings. The fourth-order valence-electron chi connectivity index (χ4n) is 3.72. The van der Waals surface area contributed by atoms with Gasteiger partial charge in [0, 0.05) is 25.6 Å². The molecule has 0 fully saturated rings. The molecule has 162 valence electrons. The van der Waals surface area contributed by atoms with E-state index in [2.05, 4.69) is 31.9 Å². The molecule has 5 nitrogen and oxygen atoms in total. The van der Waals surface area contributed by atoms with E-state index in [1.165, 1.54) is 0 Å². The maximum atomic E-state index is 13.0. The van der Waals surface area contributed by atoms with Crippen LogP contribution in [0.15, 0.2) is 63.2 Å². The molecule has 0 spiro atoms. The van der Waals surface area contributed by atoms with Crippen LogP contribution in [0.25, 0.3) is 6.08 Å². The topological polar surface area (TPSA) is 54.0 Å². The van der Waals surface area contributed by atoms with Crippen molar-refractivity contribution in [1.29, 1.82) is 0 Å². The summed E-state index contributed by atoms with van der Waals surface area (Å²) in [5, 5.41) is 0. The molecule has 2 aliphatic heterocycles. The summed E-state index contributed by atoms with van der Waals surface area (Å²) in [7, 11) is 0. The fraction of sp³-hybridized carbons (Fsp3) is 0.160. The highest BCUT2D eigenvalue weighted by Gasteiger charge is 2.31. The zero-order chi connectivity index (χ0) is 22.2. The van der Waals surface area contributed by atoms with Crippen molar-refractivity contribution >= 4 is 43.7 Å². The third kappa shape index (κ3) is 4.08. The van der Waals surface area contributed by atoms with Crippen LogP contribution in [0.3, 0.4) is 0 Å². The van der Waals surface area contributed by atoms with Crippen LogP contribution in [-0.2, 0) is 18.0 Å². The Kier molecular flexibility index (Phi) is 5.80. The van der Waals surface area contributed by atoms with Gasteiger partial charge in [-0.15, -0.1) is 0 Å². The smallest absolute Gasteiger partial charge is 0.231 e. The van der Waals surface area contributed by atoms with Gasteiger partial charge in [0.2, 0.25) is 5.78 Å². The lowest BCUT2D eigenvalue weighted by atomic mass is 10.0. The van der Waals surface area contributed by atoms with Gasteiger partial charge in [0.25, 0.3) is 0 Å². The minimum absolute atomic E-state index is 0.164. The maximum Gasteiger partial charge on any atom is 0.231 e. The Labute approximate surface area is 202 Å². The summed E-state index contributed by atoms with van der Waals surface area (Å²) in [6.45, 7) is 2.96. The number of allylic oxidation sites excluding steroid dienone is 1. The Morgan fingerprint density at radius 2 is 1.84 bits per heavy atom. The molecule has 0 unspecified atom stereocenters. The van der Waals surface area contributed by atoms with Gasteiger partial charge in [0.05, 0.1) is 12.2 Å². The largest absolute Gasteiger partial charge is 0.488 e. The highest BCUT2D eigenvalue weighted by molar-refractivity contribution is 9.10. The number of rotatable bonds is 4. The van der Waals surface area contributed by atoms with Gasteiger partial charge in [0.15, 0.2) is 12.6 Å². The van der Waals surface area contributed by atoms with Crippen LogP contribution in [0, 0.1) is 6.92 Å². The van der Waals surface area contributed by atoms with Crippen molar-refractivity contribution in [2.75, 3.05) is 6.79 Å². The van der Waals surface area contributed by atoms with Crippen molar-refractivity contribution < 1.29 is 23.7 Å². The molecular weight excluding hydrogens is 540 g/mol. The summed E-state index contributed by atoms with van der Waals surface area (Å²) in [6.07, 6.45) is 1.72. The second-order valence-corrected chi connectivity index (χ2v) is 9.35. The summed E-state index contributed by atoms with van der Waals surface area (Å²) in [5.74, 6) is 2.00. The molecule has 0 aliphatic carbocycles. The molecule has 0 saturated heterocycles. The molecular formula is C25H18Br2O5. The summed E-state index contributed by atoms with van der Waals surface area (Å²) >= 11 is 6.94. The second kappa shape index (κ2) is 8.73. The molecule has 0 aromatic heterocycles.